The number of ether oxygens (including phenoxy) is 1. The Morgan fingerprint density at radius 1 is 1.22 bits per heavy atom. The number of rotatable bonds is 7. The van der Waals surface area contributed by atoms with Crippen molar-refractivity contribution in [1.82, 2.24) is 19.8 Å². The van der Waals surface area contributed by atoms with E-state index in [4.69, 9.17) is 10.5 Å². The first-order valence-corrected chi connectivity index (χ1v) is 13.5. The lowest BCUT2D eigenvalue weighted by atomic mass is 9.52. The molecule has 4 saturated carbocycles. The number of aromatic nitrogens is 2. The van der Waals surface area contributed by atoms with Crippen molar-refractivity contribution in [2.75, 3.05) is 6.26 Å². The molecule has 1 aromatic heterocycles. The maximum atomic E-state index is 14.0. The van der Waals surface area contributed by atoms with Crippen molar-refractivity contribution < 1.29 is 35.9 Å². The second kappa shape index (κ2) is 8.75. The summed E-state index contributed by atoms with van der Waals surface area (Å²) < 4.78 is 73.3. The van der Waals surface area contributed by atoms with Gasteiger partial charge in [-0.2, -0.15) is 18.3 Å². The first kappa shape index (κ1) is 26.5. The standard InChI is InChI=1S/C22H30F3N5O5S/c1-20(2,29-36(3,33)34)4-5-30-17(22(23,24)25)15(11-27-30)18(31)28-16-13-6-12-7-14(16)10-21(8-12,9-13)35-19(26)32/h4-5,11-14,16,29H,6-10H2,1-3H3,(H2,26,32)(H,28,31)/b5-4+. The van der Waals surface area contributed by atoms with E-state index in [0.29, 0.717) is 29.9 Å². The van der Waals surface area contributed by atoms with Crippen molar-refractivity contribution in [3.63, 3.8) is 0 Å². The lowest BCUT2D eigenvalue weighted by Crippen LogP contribution is -2.63. The summed E-state index contributed by atoms with van der Waals surface area (Å²) in [5.41, 5.74) is 1.51. The number of nitrogens with one attached hydrogen (secondary N) is 2. The summed E-state index contributed by atoms with van der Waals surface area (Å²) in [5.74, 6) is -0.645. The number of alkyl halides is 3. The molecule has 0 spiro atoms. The molecule has 0 saturated heterocycles. The number of hydrogen-bond acceptors (Lipinski definition) is 6. The molecule has 1 aromatic rings. The third kappa shape index (κ3) is 5.53. The van der Waals surface area contributed by atoms with Crippen LogP contribution >= 0.6 is 0 Å². The van der Waals surface area contributed by atoms with Crippen molar-refractivity contribution in [3.8, 4) is 0 Å². The van der Waals surface area contributed by atoms with Gasteiger partial charge >= 0.3 is 12.3 Å². The van der Waals surface area contributed by atoms with Crippen molar-refractivity contribution >= 4 is 28.2 Å². The van der Waals surface area contributed by atoms with Gasteiger partial charge in [-0.25, -0.2) is 22.6 Å². The lowest BCUT2D eigenvalue weighted by molar-refractivity contribution is -0.143. The highest BCUT2D eigenvalue weighted by Gasteiger charge is 2.57. The van der Waals surface area contributed by atoms with Crippen LogP contribution in [-0.4, -0.2) is 53.6 Å². The number of sulfonamides is 1. The van der Waals surface area contributed by atoms with Crippen LogP contribution in [0.4, 0.5) is 18.0 Å². The number of nitrogens with zero attached hydrogens (tertiary/aromatic N) is 2. The highest BCUT2D eigenvalue weighted by molar-refractivity contribution is 7.88. The molecule has 4 aliphatic carbocycles. The molecule has 36 heavy (non-hydrogen) atoms. The molecule has 4 bridgehead atoms. The molecule has 14 heteroatoms. The van der Waals surface area contributed by atoms with Crippen molar-refractivity contribution in [2.24, 2.45) is 23.5 Å². The third-order valence-electron chi connectivity index (χ3n) is 7.22. The molecule has 4 aliphatic rings. The second-order valence-corrected chi connectivity index (χ2v) is 12.6. The van der Waals surface area contributed by atoms with Crippen molar-refractivity contribution in [3.05, 3.63) is 23.5 Å². The summed E-state index contributed by atoms with van der Waals surface area (Å²) in [6.45, 7) is 2.94. The predicted octanol–water partition coefficient (Wildman–Crippen LogP) is 2.47. The molecule has 2 unspecified atom stereocenters. The van der Waals surface area contributed by atoms with Crippen LogP contribution in [0.3, 0.4) is 0 Å². The Morgan fingerprint density at radius 2 is 1.83 bits per heavy atom. The zero-order chi connectivity index (χ0) is 26.7. The van der Waals surface area contributed by atoms with Crippen molar-refractivity contribution in [1.29, 1.82) is 0 Å². The van der Waals surface area contributed by atoms with Crippen LogP contribution in [0.15, 0.2) is 12.3 Å². The summed E-state index contributed by atoms with van der Waals surface area (Å²) in [6, 6.07) is -0.350. The molecule has 5 rings (SSSR count). The van der Waals surface area contributed by atoms with E-state index in [1.165, 1.54) is 19.9 Å². The minimum Gasteiger partial charge on any atom is -0.443 e. The normalized spacial score (nSPS) is 30.1. The molecule has 10 nitrogen and oxygen atoms in total. The van der Waals surface area contributed by atoms with Crippen LogP contribution in [0.25, 0.3) is 6.20 Å². The Kier molecular flexibility index (Phi) is 6.43. The highest BCUT2D eigenvalue weighted by atomic mass is 32.2. The Labute approximate surface area is 206 Å². The molecule has 0 aliphatic heterocycles. The van der Waals surface area contributed by atoms with Gasteiger partial charge < -0.3 is 15.8 Å². The zero-order valence-electron chi connectivity index (χ0n) is 20.1. The van der Waals surface area contributed by atoms with Crippen LogP contribution in [0.1, 0.15) is 62.0 Å². The Hall–Kier alpha value is -2.61. The average Bonchev–Trinajstić information content (AvgIpc) is 3.10. The van der Waals surface area contributed by atoms with E-state index in [-0.39, 0.29) is 17.9 Å². The largest absolute Gasteiger partial charge is 0.443 e. The van der Waals surface area contributed by atoms with Gasteiger partial charge in [0.05, 0.1) is 18.0 Å². The second-order valence-electron chi connectivity index (χ2n) is 10.8. The smallest absolute Gasteiger partial charge is 0.434 e. The van der Waals surface area contributed by atoms with Gasteiger partial charge in [0.15, 0.2) is 5.69 Å². The van der Waals surface area contributed by atoms with Crippen LogP contribution in [-0.2, 0) is 20.9 Å². The van der Waals surface area contributed by atoms with Gasteiger partial charge in [-0.15, -0.1) is 0 Å². The van der Waals surface area contributed by atoms with Gasteiger partial charge in [0.2, 0.25) is 10.0 Å². The topological polar surface area (TPSA) is 145 Å². The van der Waals surface area contributed by atoms with Gasteiger partial charge in [-0.3, -0.25) is 4.79 Å². The lowest BCUT2D eigenvalue weighted by Gasteiger charge is -2.58. The fourth-order valence-electron chi connectivity index (χ4n) is 6.45. The predicted molar refractivity (Wildman–Crippen MR) is 123 cm³/mol. The Bertz CT molecular complexity index is 1180. The van der Waals surface area contributed by atoms with Gasteiger partial charge in [0.25, 0.3) is 5.91 Å². The molecule has 4 N–H and O–H groups in total. The molecular formula is C22H30F3N5O5S. The maximum Gasteiger partial charge on any atom is 0.434 e. The number of primary amides is 1. The first-order chi connectivity index (χ1) is 16.5. The minimum atomic E-state index is -4.90. The average molecular weight is 534 g/mol. The summed E-state index contributed by atoms with van der Waals surface area (Å²) in [5, 5.41) is 6.53. The molecule has 0 radical (unpaired) electrons. The van der Waals surface area contributed by atoms with Gasteiger partial charge in [0.1, 0.15) is 5.60 Å². The number of hydrogen-bond donors (Lipinski definition) is 3. The van der Waals surface area contributed by atoms with E-state index in [1.807, 2.05) is 0 Å². The summed E-state index contributed by atoms with van der Waals surface area (Å²) >= 11 is 0. The SMILES string of the molecule is CC(C)(/C=C/n1ncc(C(=O)NC2C3CC4CC2CC(OC(N)=O)(C4)C3)c1C(F)(F)F)NS(C)(=O)=O. The Morgan fingerprint density at radius 3 is 2.36 bits per heavy atom. The minimum absolute atomic E-state index is 0.0355. The molecule has 2 atom stereocenters. The molecule has 4 fully saturated rings. The number of carbonyl (C=O) groups excluding carboxylic acids is 2. The number of nitrogens with two attached hydrogens (primary N) is 1. The molecule has 0 aromatic carbocycles. The van der Waals surface area contributed by atoms with Crippen molar-refractivity contribution in [2.45, 2.75) is 69.3 Å². The van der Waals surface area contributed by atoms with E-state index in [9.17, 15) is 31.2 Å². The number of halogens is 3. The molecule has 200 valence electrons. The van der Waals surface area contributed by atoms with Gasteiger partial charge in [-0.1, -0.05) is 0 Å². The molecule has 2 amide bonds. The molecular weight excluding hydrogens is 503 g/mol. The van der Waals surface area contributed by atoms with E-state index in [0.717, 1.165) is 31.5 Å². The summed E-state index contributed by atoms with van der Waals surface area (Å²) in [6.07, 6.45) is 1.55. The fourth-order valence-corrected chi connectivity index (χ4v) is 7.47. The third-order valence-corrected chi connectivity index (χ3v) is 8.12. The monoisotopic (exact) mass is 533 g/mol. The summed E-state index contributed by atoms with van der Waals surface area (Å²) in [4.78, 5) is 24.5. The van der Waals surface area contributed by atoms with E-state index in [1.54, 1.807) is 0 Å². The van der Waals surface area contributed by atoms with Crippen LogP contribution in [0.5, 0.6) is 0 Å². The van der Waals surface area contributed by atoms with Crippen LogP contribution in [0, 0.1) is 17.8 Å². The van der Waals surface area contributed by atoms with Gasteiger partial charge in [0, 0.05) is 17.8 Å². The highest BCUT2D eigenvalue weighted by Crippen LogP contribution is 2.57. The quantitative estimate of drug-likeness (QED) is 0.491. The molecule has 1 heterocycles. The van der Waals surface area contributed by atoms with Crippen LogP contribution in [0.2, 0.25) is 0 Å². The van der Waals surface area contributed by atoms with Gasteiger partial charge in [-0.05, 0) is 69.8 Å². The van der Waals surface area contributed by atoms with E-state index in [2.05, 4.69) is 15.1 Å². The summed E-state index contributed by atoms with van der Waals surface area (Å²) in [7, 11) is -3.62. The maximum absolute atomic E-state index is 14.0. The zero-order valence-corrected chi connectivity index (χ0v) is 20.9. The number of amides is 2. The van der Waals surface area contributed by atoms with E-state index >= 15 is 0 Å². The van der Waals surface area contributed by atoms with Crippen LogP contribution < -0.4 is 15.8 Å². The van der Waals surface area contributed by atoms with E-state index < -0.39 is 50.6 Å². The fraction of sp³-hybridized carbons (Fsp3) is 0.682. The number of carbonyl (C=O) groups is 2. The Balaban J connectivity index is 1.55. The first-order valence-electron chi connectivity index (χ1n) is 11.6.